The van der Waals surface area contributed by atoms with Crippen LogP contribution in [-0.4, -0.2) is 48.7 Å². The Morgan fingerprint density at radius 1 is 1.02 bits per heavy atom. The number of esters is 1. The lowest BCUT2D eigenvalue weighted by Crippen LogP contribution is -2.36. The highest BCUT2D eigenvalue weighted by Crippen LogP contribution is 2.38. The van der Waals surface area contributed by atoms with E-state index >= 15 is 0 Å². The fraction of sp³-hybridized carbons (Fsp3) is 0.143. The van der Waals surface area contributed by atoms with Crippen LogP contribution in [0.3, 0.4) is 0 Å². The molecule has 4 rings (SSSR count). The van der Waals surface area contributed by atoms with Gasteiger partial charge in [0.05, 0.1) is 29.7 Å². The smallest absolute Gasteiger partial charge is 0.339 e. The summed E-state index contributed by atoms with van der Waals surface area (Å²) < 4.78 is 16.1. The van der Waals surface area contributed by atoms with E-state index in [4.69, 9.17) is 32.7 Å². The van der Waals surface area contributed by atoms with Crippen molar-refractivity contribution in [1.29, 1.82) is 0 Å². The zero-order valence-electron chi connectivity index (χ0n) is 21.2. The Balaban J connectivity index is 1.49. The van der Waals surface area contributed by atoms with E-state index < -0.39 is 29.6 Å². The molecule has 1 heterocycles. The minimum atomic E-state index is -0.675. The third-order valence-corrected chi connectivity index (χ3v) is 7.13. The summed E-state index contributed by atoms with van der Waals surface area (Å²) in [7, 11) is 2.70. The predicted octanol–water partition coefficient (Wildman–Crippen LogP) is 6.04. The van der Waals surface area contributed by atoms with Crippen LogP contribution >= 0.6 is 35.0 Å². The number of anilines is 1. The van der Waals surface area contributed by atoms with Gasteiger partial charge in [-0.2, -0.15) is 0 Å². The number of rotatable bonds is 9. The van der Waals surface area contributed by atoms with Crippen molar-refractivity contribution in [2.75, 3.05) is 26.1 Å². The Kier molecular flexibility index (Phi) is 9.36. The van der Waals surface area contributed by atoms with Gasteiger partial charge in [-0.15, -0.1) is 0 Å². The van der Waals surface area contributed by atoms with Crippen molar-refractivity contribution in [1.82, 2.24) is 4.90 Å². The molecule has 1 N–H and O–H groups in total. The molecule has 3 amide bonds. The normalized spacial score (nSPS) is 13.9. The number of nitrogens with zero attached hydrogens (tertiary/aromatic N) is 1. The number of ether oxygens (including phenoxy) is 3. The molecule has 9 nitrogen and oxygen atoms in total. The summed E-state index contributed by atoms with van der Waals surface area (Å²) in [6, 6.07) is 16.6. The number of para-hydroxylation sites is 1. The number of carbonyl (C=O) groups excluding carboxylic acids is 4. The highest BCUT2D eigenvalue weighted by Gasteiger charge is 2.36. The lowest BCUT2D eigenvalue weighted by Gasteiger charge is -2.14. The maximum Gasteiger partial charge on any atom is 0.339 e. The molecule has 40 heavy (non-hydrogen) atoms. The average molecular weight is 601 g/mol. The Bertz CT molecular complexity index is 1510. The Morgan fingerprint density at radius 2 is 1.77 bits per heavy atom. The van der Waals surface area contributed by atoms with Gasteiger partial charge in [0.1, 0.15) is 13.2 Å². The van der Waals surface area contributed by atoms with Crippen LogP contribution in [0, 0.1) is 0 Å². The van der Waals surface area contributed by atoms with Crippen molar-refractivity contribution in [2.45, 2.75) is 6.61 Å². The molecule has 0 bridgehead atoms. The van der Waals surface area contributed by atoms with E-state index in [-0.39, 0.29) is 27.8 Å². The molecule has 3 aromatic rings. The number of amides is 3. The van der Waals surface area contributed by atoms with E-state index in [0.29, 0.717) is 33.8 Å². The van der Waals surface area contributed by atoms with E-state index in [1.807, 2.05) is 12.1 Å². The van der Waals surface area contributed by atoms with Crippen molar-refractivity contribution in [3.8, 4) is 11.5 Å². The molecule has 12 heteroatoms. The molecule has 206 valence electrons. The molecule has 0 atom stereocenters. The molecule has 0 radical (unpaired) electrons. The highest BCUT2D eigenvalue weighted by atomic mass is 35.5. The van der Waals surface area contributed by atoms with Crippen LogP contribution < -0.4 is 14.8 Å². The van der Waals surface area contributed by atoms with Crippen LogP contribution in [0.25, 0.3) is 6.08 Å². The summed E-state index contributed by atoms with van der Waals surface area (Å²) >= 11 is 12.7. The highest BCUT2D eigenvalue weighted by molar-refractivity contribution is 8.18. The lowest BCUT2D eigenvalue weighted by molar-refractivity contribution is -0.127. The van der Waals surface area contributed by atoms with Crippen LogP contribution in [0.15, 0.2) is 65.6 Å². The standard InChI is InChI=1S/C28H22Cl2N2O7S/c1-37-22-5-3-4-17(25(22)39-15-16-6-8-18(29)9-7-16)12-23-26(34)32(28(36)40-23)14-24(33)31-19-10-11-21(30)20(13-19)27(35)38-2/h3-13H,14-15H2,1-2H3,(H,31,33)/b23-12+. The second-order valence-corrected chi connectivity index (χ2v) is 10.1. The van der Waals surface area contributed by atoms with E-state index in [2.05, 4.69) is 10.1 Å². The first-order valence-electron chi connectivity index (χ1n) is 11.7. The molecule has 1 aliphatic rings. The number of halogens is 2. The van der Waals surface area contributed by atoms with Gasteiger partial charge < -0.3 is 19.5 Å². The number of hydrogen-bond donors (Lipinski definition) is 1. The summed E-state index contributed by atoms with van der Waals surface area (Å²) in [5.41, 5.74) is 1.69. The van der Waals surface area contributed by atoms with Gasteiger partial charge in [0.15, 0.2) is 11.5 Å². The number of hydrogen-bond acceptors (Lipinski definition) is 8. The number of methoxy groups -OCH3 is 2. The van der Waals surface area contributed by atoms with Gasteiger partial charge >= 0.3 is 5.97 Å². The first kappa shape index (κ1) is 29.0. The zero-order chi connectivity index (χ0) is 28.8. The van der Waals surface area contributed by atoms with Crippen LogP contribution in [0.2, 0.25) is 10.0 Å². The minimum absolute atomic E-state index is 0.0587. The zero-order valence-corrected chi connectivity index (χ0v) is 23.6. The van der Waals surface area contributed by atoms with Crippen molar-refractivity contribution >= 4 is 69.8 Å². The van der Waals surface area contributed by atoms with Gasteiger partial charge in [0, 0.05) is 16.3 Å². The van der Waals surface area contributed by atoms with Crippen molar-refractivity contribution < 1.29 is 33.4 Å². The molecular formula is C28H22Cl2N2O7S. The largest absolute Gasteiger partial charge is 0.493 e. The van der Waals surface area contributed by atoms with E-state index in [1.54, 1.807) is 30.3 Å². The number of carbonyl (C=O) groups is 4. The second kappa shape index (κ2) is 12.9. The second-order valence-electron chi connectivity index (χ2n) is 8.30. The molecule has 3 aromatic carbocycles. The maximum absolute atomic E-state index is 13.1. The van der Waals surface area contributed by atoms with Crippen molar-refractivity contribution in [2.24, 2.45) is 0 Å². The molecule has 1 saturated heterocycles. The average Bonchev–Trinajstić information content (AvgIpc) is 3.20. The van der Waals surface area contributed by atoms with Crippen LogP contribution in [0.4, 0.5) is 10.5 Å². The Hall–Kier alpha value is -3.99. The molecule has 0 aromatic heterocycles. The van der Waals surface area contributed by atoms with E-state index in [9.17, 15) is 19.2 Å². The third kappa shape index (κ3) is 6.77. The molecule has 0 aliphatic carbocycles. The first-order valence-corrected chi connectivity index (χ1v) is 13.2. The van der Waals surface area contributed by atoms with Crippen molar-refractivity contribution in [3.63, 3.8) is 0 Å². The van der Waals surface area contributed by atoms with E-state index in [1.165, 1.54) is 38.5 Å². The summed E-state index contributed by atoms with van der Waals surface area (Å²) in [4.78, 5) is 51.2. The van der Waals surface area contributed by atoms with Gasteiger partial charge in [-0.25, -0.2) is 4.79 Å². The van der Waals surface area contributed by atoms with E-state index in [0.717, 1.165) is 10.5 Å². The summed E-state index contributed by atoms with van der Waals surface area (Å²) in [6.07, 6.45) is 1.52. The number of thioether (sulfide) groups is 1. The van der Waals surface area contributed by atoms with Gasteiger partial charge in [-0.05, 0) is 59.8 Å². The van der Waals surface area contributed by atoms with Gasteiger partial charge in [0.2, 0.25) is 5.91 Å². The Morgan fingerprint density at radius 3 is 2.48 bits per heavy atom. The first-order chi connectivity index (χ1) is 19.2. The molecule has 0 unspecified atom stereocenters. The molecule has 1 aliphatic heterocycles. The van der Waals surface area contributed by atoms with Crippen LogP contribution in [0.5, 0.6) is 11.5 Å². The maximum atomic E-state index is 13.1. The Labute approximate surface area is 244 Å². The SMILES string of the molecule is COC(=O)c1cc(NC(=O)CN2C(=O)S/C(=C/c3cccc(OC)c3OCc3ccc(Cl)cc3)C2=O)ccc1Cl. The monoisotopic (exact) mass is 600 g/mol. The van der Waals surface area contributed by atoms with Gasteiger partial charge in [-0.1, -0.05) is 47.5 Å². The van der Waals surface area contributed by atoms with Crippen molar-refractivity contribution in [3.05, 3.63) is 92.3 Å². The fourth-order valence-corrected chi connectivity index (χ4v) is 4.84. The lowest BCUT2D eigenvalue weighted by atomic mass is 10.1. The number of nitrogens with one attached hydrogen (secondary N) is 1. The number of benzene rings is 3. The summed E-state index contributed by atoms with van der Waals surface area (Å²) in [5, 5.41) is 2.70. The van der Waals surface area contributed by atoms with Gasteiger partial charge in [0.25, 0.3) is 11.1 Å². The molecule has 0 saturated carbocycles. The van der Waals surface area contributed by atoms with Crippen LogP contribution in [-0.2, 0) is 20.9 Å². The summed E-state index contributed by atoms with van der Waals surface area (Å²) in [6.45, 7) is -0.321. The third-order valence-electron chi connectivity index (χ3n) is 5.64. The molecule has 0 spiro atoms. The van der Waals surface area contributed by atoms with Crippen LogP contribution in [0.1, 0.15) is 21.5 Å². The fourth-order valence-electron chi connectivity index (χ4n) is 3.69. The quantitative estimate of drug-likeness (QED) is 0.233. The molecular weight excluding hydrogens is 579 g/mol. The number of imide groups is 1. The van der Waals surface area contributed by atoms with Gasteiger partial charge in [-0.3, -0.25) is 19.3 Å². The summed E-state index contributed by atoms with van der Waals surface area (Å²) in [5.74, 6) is -1.13. The minimum Gasteiger partial charge on any atom is -0.493 e. The topological polar surface area (TPSA) is 111 Å². The molecule has 1 fully saturated rings. The predicted molar refractivity (Wildman–Crippen MR) is 153 cm³/mol.